The Kier molecular flexibility index (Phi) is 7.65. The van der Waals surface area contributed by atoms with Gasteiger partial charge < -0.3 is 29.7 Å². The number of carbonyl (C=O) groups is 2. The smallest absolute Gasteiger partial charge is 0.324 e. The van der Waals surface area contributed by atoms with Crippen LogP contribution in [0, 0.1) is 0 Å². The fourth-order valence-corrected chi connectivity index (χ4v) is 4.70. The molecule has 0 bridgehead atoms. The van der Waals surface area contributed by atoms with Crippen molar-refractivity contribution in [2.75, 3.05) is 52.3 Å². The van der Waals surface area contributed by atoms with Gasteiger partial charge in [0.1, 0.15) is 5.75 Å². The lowest BCUT2D eigenvalue weighted by Crippen LogP contribution is -2.49. The van der Waals surface area contributed by atoms with Gasteiger partial charge in [-0.3, -0.25) is 9.69 Å². The normalized spacial score (nSPS) is 18.4. The second-order valence-electron chi connectivity index (χ2n) is 9.02. The van der Waals surface area contributed by atoms with Crippen molar-refractivity contribution in [3.05, 3.63) is 47.5 Å². The summed E-state index contributed by atoms with van der Waals surface area (Å²) in [6.45, 7) is 3.17. The number of likely N-dealkylation sites (N-methyl/N-ethyl adjacent to an activating group) is 1. The van der Waals surface area contributed by atoms with Crippen LogP contribution in [0.1, 0.15) is 24.0 Å². The number of anilines is 1. The Balaban J connectivity index is 1.39. The van der Waals surface area contributed by atoms with E-state index in [1.807, 2.05) is 19.2 Å². The zero-order chi connectivity index (χ0) is 24.9. The Hall–Kier alpha value is -3.46. The van der Waals surface area contributed by atoms with Crippen LogP contribution in [0.2, 0.25) is 0 Å². The maximum atomic E-state index is 13.2. The summed E-state index contributed by atoms with van der Waals surface area (Å²) >= 11 is 0. The number of hydrogen-bond donors (Lipinski definition) is 2. The zero-order valence-corrected chi connectivity index (χ0v) is 20.6. The number of rotatable bonds is 9. The predicted molar refractivity (Wildman–Crippen MR) is 133 cm³/mol. The number of nitrogens with zero attached hydrogens (tertiary/aromatic N) is 3. The van der Waals surface area contributed by atoms with Gasteiger partial charge in [-0.2, -0.15) is 0 Å². The summed E-state index contributed by atoms with van der Waals surface area (Å²) in [6, 6.07) is 10.9. The van der Waals surface area contributed by atoms with E-state index in [9.17, 15) is 14.7 Å². The molecule has 188 valence electrons. The number of nitrogens with one attached hydrogen (secondary N) is 1. The van der Waals surface area contributed by atoms with Crippen LogP contribution < -0.4 is 19.7 Å². The summed E-state index contributed by atoms with van der Waals surface area (Å²) in [5.41, 5.74) is 2.68. The quantitative estimate of drug-likeness (QED) is 0.571. The molecule has 2 saturated heterocycles. The van der Waals surface area contributed by atoms with Crippen LogP contribution >= 0.6 is 0 Å². The van der Waals surface area contributed by atoms with E-state index >= 15 is 0 Å². The Morgan fingerprint density at radius 3 is 2.51 bits per heavy atom. The molecule has 0 saturated carbocycles. The molecule has 2 aromatic rings. The molecule has 4 rings (SSSR count). The largest absolute Gasteiger partial charge is 0.504 e. The standard InChI is InChI=1S/C26H34N4O5/c1-28-14-10-21(25(28)32)27-11-9-18-5-6-19(24(15-18)35-3)17-29-12-4-13-30(26(29)33)20-7-8-23(34-2)22(31)16-20/h5-8,15-16,21,27,31H,4,9-14,17H2,1-3H3. The average Bonchev–Trinajstić information content (AvgIpc) is 3.18. The van der Waals surface area contributed by atoms with Gasteiger partial charge in [0.05, 0.1) is 26.8 Å². The number of hydrogen-bond acceptors (Lipinski definition) is 6. The maximum Gasteiger partial charge on any atom is 0.324 e. The molecule has 2 aromatic carbocycles. The number of ether oxygens (including phenoxy) is 2. The van der Waals surface area contributed by atoms with E-state index < -0.39 is 0 Å². The number of likely N-dealkylation sites (tertiary alicyclic amines) is 1. The number of benzene rings is 2. The average molecular weight is 483 g/mol. The lowest BCUT2D eigenvalue weighted by Gasteiger charge is -2.36. The first kappa shape index (κ1) is 24.7. The van der Waals surface area contributed by atoms with Crippen LogP contribution in [-0.4, -0.2) is 80.3 Å². The molecule has 35 heavy (non-hydrogen) atoms. The highest BCUT2D eigenvalue weighted by Crippen LogP contribution is 2.32. The molecule has 0 aromatic heterocycles. The van der Waals surface area contributed by atoms with E-state index in [2.05, 4.69) is 11.4 Å². The van der Waals surface area contributed by atoms with Crippen LogP contribution in [0.5, 0.6) is 17.2 Å². The van der Waals surface area contributed by atoms with E-state index in [0.29, 0.717) is 37.6 Å². The molecule has 0 aliphatic carbocycles. The van der Waals surface area contributed by atoms with Crippen LogP contribution in [0.15, 0.2) is 36.4 Å². The summed E-state index contributed by atoms with van der Waals surface area (Å²) in [4.78, 5) is 30.5. The van der Waals surface area contributed by atoms with Crippen LogP contribution in [0.25, 0.3) is 0 Å². The molecule has 2 N–H and O–H groups in total. The van der Waals surface area contributed by atoms with Gasteiger partial charge >= 0.3 is 6.03 Å². The lowest BCUT2D eigenvalue weighted by atomic mass is 10.1. The molecule has 2 aliphatic rings. The van der Waals surface area contributed by atoms with Crippen molar-refractivity contribution >= 4 is 17.6 Å². The van der Waals surface area contributed by atoms with Crippen molar-refractivity contribution < 1.29 is 24.2 Å². The van der Waals surface area contributed by atoms with Gasteiger partial charge in [-0.1, -0.05) is 12.1 Å². The summed E-state index contributed by atoms with van der Waals surface area (Å²) in [5, 5.41) is 13.5. The Bertz CT molecular complexity index is 1080. The molecular weight excluding hydrogens is 448 g/mol. The minimum atomic E-state index is -0.109. The highest BCUT2D eigenvalue weighted by atomic mass is 16.5. The molecule has 2 heterocycles. The second-order valence-corrected chi connectivity index (χ2v) is 9.02. The summed E-state index contributed by atoms with van der Waals surface area (Å²) in [5.74, 6) is 1.28. The van der Waals surface area contributed by atoms with Crippen molar-refractivity contribution in [3.63, 3.8) is 0 Å². The zero-order valence-electron chi connectivity index (χ0n) is 20.6. The lowest BCUT2D eigenvalue weighted by molar-refractivity contribution is -0.128. The first-order valence-electron chi connectivity index (χ1n) is 12.0. The molecule has 1 unspecified atom stereocenters. The molecule has 0 spiro atoms. The van der Waals surface area contributed by atoms with Crippen LogP contribution in [0.3, 0.4) is 0 Å². The van der Waals surface area contributed by atoms with Gasteiger partial charge in [0.15, 0.2) is 11.5 Å². The van der Waals surface area contributed by atoms with E-state index in [1.165, 1.54) is 7.11 Å². The molecule has 0 radical (unpaired) electrons. The molecule has 3 amide bonds. The summed E-state index contributed by atoms with van der Waals surface area (Å²) in [7, 11) is 4.96. The fourth-order valence-electron chi connectivity index (χ4n) is 4.70. The van der Waals surface area contributed by atoms with Crippen LogP contribution in [0.4, 0.5) is 10.5 Å². The molecule has 1 atom stereocenters. The molecule has 2 fully saturated rings. The number of methoxy groups -OCH3 is 2. The molecular formula is C26H34N4O5. The number of amides is 3. The predicted octanol–water partition coefficient (Wildman–Crippen LogP) is 2.60. The third-order valence-electron chi connectivity index (χ3n) is 6.73. The topological polar surface area (TPSA) is 94.6 Å². The number of carbonyl (C=O) groups excluding carboxylic acids is 2. The van der Waals surface area contributed by atoms with Crippen molar-refractivity contribution in [1.29, 1.82) is 0 Å². The van der Waals surface area contributed by atoms with E-state index in [1.54, 1.807) is 40.0 Å². The highest BCUT2D eigenvalue weighted by Gasteiger charge is 2.29. The first-order valence-corrected chi connectivity index (χ1v) is 12.0. The van der Waals surface area contributed by atoms with Gasteiger partial charge in [-0.15, -0.1) is 0 Å². The third-order valence-corrected chi connectivity index (χ3v) is 6.73. The molecule has 9 nitrogen and oxygen atoms in total. The number of phenols is 1. The van der Waals surface area contributed by atoms with E-state index in [4.69, 9.17) is 9.47 Å². The highest BCUT2D eigenvalue weighted by molar-refractivity contribution is 5.93. The van der Waals surface area contributed by atoms with Gasteiger partial charge in [0, 0.05) is 44.0 Å². The minimum absolute atomic E-state index is 0.00555. The molecule has 2 aliphatic heterocycles. The second kappa shape index (κ2) is 10.9. The fraction of sp³-hybridized carbons (Fsp3) is 0.462. The van der Waals surface area contributed by atoms with E-state index in [0.717, 1.165) is 42.7 Å². The minimum Gasteiger partial charge on any atom is -0.504 e. The monoisotopic (exact) mass is 482 g/mol. The number of urea groups is 1. The number of aromatic hydroxyl groups is 1. The van der Waals surface area contributed by atoms with Crippen molar-refractivity contribution in [1.82, 2.24) is 15.1 Å². The Morgan fingerprint density at radius 2 is 1.83 bits per heavy atom. The Morgan fingerprint density at radius 1 is 1.03 bits per heavy atom. The van der Waals surface area contributed by atoms with Gasteiger partial charge in [0.2, 0.25) is 5.91 Å². The summed E-state index contributed by atoms with van der Waals surface area (Å²) < 4.78 is 10.8. The summed E-state index contributed by atoms with van der Waals surface area (Å²) in [6.07, 6.45) is 2.44. The number of phenolic OH excluding ortho intramolecular Hbond substituents is 1. The Labute approximate surface area is 206 Å². The molecule has 9 heteroatoms. The maximum absolute atomic E-state index is 13.2. The van der Waals surface area contributed by atoms with Crippen molar-refractivity contribution in [3.8, 4) is 17.2 Å². The van der Waals surface area contributed by atoms with Crippen LogP contribution in [-0.2, 0) is 17.8 Å². The SMILES string of the molecule is COc1ccc(N2CCCN(Cc3ccc(CCNC4CCN(C)C4=O)cc3OC)C2=O)cc1O. The van der Waals surface area contributed by atoms with Gasteiger partial charge in [-0.05, 0) is 49.6 Å². The first-order chi connectivity index (χ1) is 16.9. The third kappa shape index (κ3) is 5.45. The van der Waals surface area contributed by atoms with Gasteiger partial charge in [-0.25, -0.2) is 4.79 Å². The van der Waals surface area contributed by atoms with E-state index in [-0.39, 0.29) is 23.7 Å². The van der Waals surface area contributed by atoms with Gasteiger partial charge in [0.25, 0.3) is 0 Å². The van der Waals surface area contributed by atoms with Crippen molar-refractivity contribution in [2.24, 2.45) is 0 Å². The van der Waals surface area contributed by atoms with Crippen molar-refractivity contribution in [2.45, 2.75) is 31.8 Å².